The molecule has 16 heavy (non-hydrogen) atoms. The molecule has 0 radical (unpaired) electrons. The van der Waals surface area contributed by atoms with E-state index in [1.165, 1.54) is 38.5 Å². The number of ether oxygens (including phenoxy) is 2. The molecule has 1 rings (SSSR count). The van der Waals surface area contributed by atoms with E-state index in [1.54, 1.807) is 7.11 Å². The van der Waals surface area contributed by atoms with Gasteiger partial charge in [-0.1, -0.05) is 13.3 Å². The Morgan fingerprint density at radius 3 is 2.38 bits per heavy atom. The highest BCUT2D eigenvalue weighted by molar-refractivity contribution is 4.80. The summed E-state index contributed by atoms with van der Waals surface area (Å²) in [6, 6.07) is 1.19. The van der Waals surface area contributed by atoms with Crippen LogP contribution in [0.5, 0.6) is 0 Å². The van der Waals surface area contributed by atoms with Gasteiger partial charge in [-0.25, -0.2) is 0 Å². The molecule has 0 aromatic rings. The number of rotatable bonds is 7. The first-order valence-corrected chi connectivity index (χ1v) is 6.57. The first kappa shape index (κ1) is 13.9. The molecule has 1 atom stereocenters. The number of methoxy groups -OCH3 is 2. The summed E-state index contributed by atoms with van der Waals surface area (Å²) < 4.78 is 10.6. The maximum absolute atomic E-state index is 5.39. The van der Waals surface area contributed by atoms with Crippen molar-refractivity contribution in [3.63, 3.8) is 0 Å². The zero-order chi connectivity index (χ0) is 11.8. The van der Waals surface area contributed by atoms with E-state index in [4.69, 9.17) is 9.47 Å². The van der Waals surface area contributed by atoms with Crippen LogP contribution in [0, 0.1) is 0 Å². The summed E-state index contributed by atoms with van der Waals surface area (Å²) >= 11 is 0. The van der Waals surface area contributed by atoms with Gasteiger partial charge in [-0.3, -0.25) is 0 Å². The van der Waals surface area contributed by atoms with Gasteiger partial charge in [-0.2, -0.15) is 0 Å². The lowest BCUT2D eigenvalue weighted by atomic mass is 9.92. The zero-order valence-corrected chi connectivity index (χ0v) is 11.0. The average Bonchev–Trinajstić information content (AvgIpc) is 2.31. The van der Waals surface area contributed by atoms with Crippen molar-refractivity contribution in [2.75, 3.05) is 20.8 Å². The topological polar surface area (TPSA) is 30.5 Å². The van der Waals surface area contributed by atoms with E-state index in [2.05, 4.69) is 12.2 Å². The van der Waals surface area contributed by atoms with Crippen LogP contribution in [0.4, 0.5) is 0 Å². The molecular weight excluding hydrogens is 202 g/mol. The molecule has 1 aliphatic rings. The van der Waals surface area contributed by atoms with Gasteiger partial charge < -0.3 is 14.8 Å². The lowest BCUT2D eigenvalue weighted by molar-refractivity contribution is 0.0582. The second kappa shape index (κ2) is 8.04. The van der Waals surface area contributed by atoms with E-state index in [-0.39, 0.29) is 0 Å². The van der Waals surface area contributed by atoms with Gasteiger partial charge in [0.05, 0.1) is 12.7 Å². The summed E-state index contributed by atoms with van der Waals surface area (Å²) in [6.07, 6.45) is 7.78. The van der Waals surface area contributed by atoms with Gasteiger partial charge in [0, 0.05) is 26.3 Å². The van der Waals surface area contributed by atoms with E-state index in [0.29, 0.717) is 18.2 Å². The van der Waals surface area contributed by atoms with Crippen molar-refractivity contribution in [1.82, 2.24) is 5.32 Å². The van der Waals surface area contributed by atoms with Crippen molar-refractivity contribution < 1.29 is 9.47 Å². The summed E-state index contributed by atoms with van der Waals surface area (Å²) in [5.74, 6) is 0. The third-order valence-electron chi connectivity index (χ3n) is 3.48. The fourth-order valence-electron chi connectivity index (χ4n) is 2.56. The lowest BCUT2D eigenvalue weighted by Gasteiger charge is -2.31. The highest BCUT2D eigenvalue weighted by Gasteiger charge is 2.22. The van der Waals surface area contributed by atoms with Gasteiger partial charge in [-0.05, 0) is 32.1 Å². The second-order valence-corrected chi connectivity index (χ2v) is 4.82. The van der Waals surface area contributed by atoms with Crippen LogP contribution in [-0.2, 0) is 9.47 Å². The van der Waals surface area contributed by atoms with Crippen LogP contribution in [0.25, 0.3) is 0 Å². The predicted octanol–water partition coefficient (Wildman–Crippen LogP) is 2.35. The van der Waals surface area contributed by atoms with E-state index in [1.807, 2.05) is 7.11 Å². The zero-order valence-electron chi connectivity index (χ0n) is 11.0. The van der Waals surface area contributed by atoms with Crippen LogP contribution in [0.2, 0.25) is 0 Å². The molecule has 0 spiro atoms. The third-order valence-corrected chi connectivity index (χ3v) is 3.48. The minimum atomic E-state index is 0.491. The van der Waals surface area contributed by atoms with Crippen molar-refractivity contribution in [2.24, 2.45) is 0 Å². The van der Waals surface area contributed by atoms with Crippen molar-refractivity contribution in [3.05, 3.63) is 0 Å². The average molecular weight is 229 g/mol. The molecule has 3 heteroatoms. The van der Waals surface area contributed by atoms with Crippen LogP contribution < -0.4 is 5.32 Å². The molecule has 3 nitrogen and oxygen atoms in total. The molecule has 1 fully saturated rings. The summed E-state index contributed by atoms with van der Waals surface area (Å²) in [7, 11) is 3.61. The molecule has 0 heterocycles. The predicted molar refractivity (Wildman–Crippen MR) is 66.8 cm³/mol. The highest BCUT2D eigenvalue weighted by atomic mass is 16.5. The van der Waals surface area contributed by atoms with Crippen molar-refractivity contribution in [1.29, 1.82) is 0 Å². The molecule has 0 saturated heterocycles. The summed E-state index contributed by atoms with van der Waals surface area (Å²) in [5.41, 5.74) is 0. The highest BCUT2D eigenvalue weighted by Crippen LogP contribution is 2.21. The minimum Gasteiger partial charge on any atom is -0.383 e. The molecule has 0 bridgehead atoms. The van der Waals surface area contributed by atoms with Crippen LogP contribution in [0.15, 0.2) is 0 Å². The molecule has 1 unspecified atom stereocenters. The van der Waals surface area contributed by atoms with E-state index >= 15 is 0 Å². The Labute approximate surface area is 99.9 Å². The first-order valence-electron chi connectivity index (χ1n) is 6.57. The molecule has 1 aliphatic carbocycles. The van der Waals surface area contributed by atoms with Gasteiger partial charge in [0.1, 0.15) is 0 Å². The molecule has 0 aromatic heterocycles. The monoisotopic (exact) mass is 229 g/mol. The smallest absolute Gasteiger partial charge is 0.0615 e. The second-order valence-electron chi connectivity index (χ2n) is 4.82. The number of hydrogen-bond donors (Lipinski definition) is 1. The SMILES string of the molecule is CCCC(COC)NC1CCC(OC)CC1. The molecule has 1 N–H and O–H groups in total. The largest absolute Gasteiger partial charge is 0.383 e. The van der Waals surface area contributed by atoms with Crippen molar-refractivity contribution in [2.45, 2.75) is 63.6 Å². The molecular formula is C13H27NO2. The Balaban J connectivity index is 2.24. The Morgan fingerprint density at radius 1 is 1.19 bits per heavy atom. The summed E-state index contributed by atoms with van der Waals surface area (Å²) in [6.45, 7) is 3.06. The Morgan fingerprint density at radius 2 is 1.88 bits per heavy atom. The normalized spacial score (nSPS) is 27.9. The van der Waals surface area contributed by atoms with Crippen LogP contribution in [0.1, 0.15) is 45.4 Å². The maximum atomic E-state index is 5.39. The number of nitrogens with one attached hydrogen (secondary N) is 1. The molecule has 1 saturated carbocycles. The number of hydrogen-bond acceptors (Lipinski definition) is 3. The van der Waals surface area contributed by atoms with E-state index < -0.39 is 0 Å². The van der Waals surface area contributed by atoms with Crippen molar-refractivity contribution in [3.8, 4) is 0 Å². The van der Waals surface area contributed by atoms with Crippen LogP contribution >= 0.6 is 0 Å². The molecule has 0 aromatic carbocycles. The maximum Gasteiger partial charge on any atom is 0.0615 e. The Bertz CT molecular complexity index is 161. The first-order chi connectivity index (χ1) is 7.80. The van der Waals surface area contributed by atoms with Gasteiger partial charge >= 0.3 is 0 Å². The molecule has 0 aliphatic heterocycles. The Hall–Kier alpha value is -0.120. The molecule has 96 valence electrons. The van der Waals surface area contributed by atoms with Crippen LogP contribution in [-0.4, -0.2) is 39.0 Å². The summed E-state index contributed by atoms with van der Waals surface area (Å²) in [5, 5.41) is 3.72. The van der Waals surface area contributed by atoms with Gasteiger partial charge in [0.15, 0.2) is 0 Å². The summed E-state index contributed by atoms with van der Waals surface area (Å²) in [4.78, 5) is 0. The van der Waals surface area contributed by atoms with Crippen LogP contribution in [0.3, 0.4) is 0 Å². The van der Waals surface area contributed by atoms with Crippen molar-refractivity contribution >= 4 is 0 Å². The molecule has 0 amide bonds. The minimum absolute atomic E-state index is 0.491. The standard InChI is InChI=1S/C13H27NO2/c1-4-5-12(10-15-2)14-11-6-8-13(16-3)9-7-11/h11-14H,4-10H2,1-3H3. The fraction of sp³-hybridized carbons (Fsp3) is 1.00. The third kappa shape index (κ3) is 4.81. The van der Waals surface area contributed by atoms with Gasteiger partial charge in [0.2, 0.25) is 0 Å². The Kier molecular flexibility index (Phi) is 7.01. The van der Waals surface area contributed by atoms with E-state index in [0.717, 1.165) is 6.61 Å². The quantitative estimate of drug-likeness (QED) is 0.727. The fourth-order valence-corrected chi connectivity index (χ4v) is 2.56. The van der Waals surface area contributed by atoms with Gasteiger partial charge in [0.25, 0.3) is 0 Å². The van der Waals surface area contributed by atoms with E-state index in [9.17, 15) is 0 Å². The van der Waals surface area contributed by atoms with Gasteiger partial charge in [-0.15, -0.1) is 0 Å². The lowest BCUT2D eigenvalue weighted by Crippen LogP contribution is -2.43.